The number of hydrogen-bond acceptors (Lipinski definition) is 3. The number of para-hydroxylation sites is 2. The average molecular weight is 248 g/mol. The molecule has 0 radical (unpaired) electrons. The molecule has 0 N–H and O–H groups in total. The van der Waals surface area contributed by atoms with Gasteiger partial charge in [0.2, 0.25) is 0 Å². The van der Waals surface area contributed by atoms with E-state index < -0.39 is 0 Å². The third kappa shape index (κ3) is 1.95. The molecule has 0 aliphatic heterocycles. The molecule has 3 aromatic rings. The number of benzene rings is 1. The summed E-state index contributed by atoms with van der Waals surface area (Å²) in [4.78, 5) is 8.90. The van der Waals surface area contributed by atoms with Crippen molar-refractivity contribution in [3.05, 3.63) is 54.0 Å². The number of hydrogen-bond donors (Lipinski definition) is 0. The topological polar surface area (TPSA) is 54.5 Å². The van der Waals surface area contributed by atoms with Crippen LogP contribution in [0.1, 0.15) is 11.4 Å². The van der Waals surface area contributed by atoms with Crippen LogP contribution in [0.3, 0.4) is 0 Å². The Morgan fingerprint density at radius 3 is 2.89 bits per heavy atom. The molecule has 4 nitrogen and oxygen atoms in total. The second-order valence-electron chi connectivity index (χ2n) is 4.38. The van der Waals surface area contributed by atoms with Crippen LogP contribution >= 0.6 is 0 Å². The maximum atomic E-state index is 8.95. The Hall–Kier alpha value is -2.67. The Bertz CT molecular complexity index is 780. The monoisotopic (exact) mass is 248 g/mol. The van der Waals surface area contributed by atoms with Crippen LogP contribution in [0.2, 0.25) is 0 Å². The van der Waals surface area contributed by atoms with Crippen LogP contribution in [0, 0.1) is 18.3 Å². The van der Waals surface area contributed by atoms with Crippen LogP contribution in [0.25, 0.3) is 16.9 Å². The Labute approximate surface area is 111 Å². The standard InChI is InChI=1S/C15H12N4/c1-11-7-9-17-15(10-11)19-13-5-3-2-4-12(13)18-14(19)6-8-16/h2-5,7,9-10H,6H2,1H3. The summed E-state index contributed by atoms with van der Waals surface area (Å²) in [6.45, 7) is 2.02. The molecule has 0 saturated heterocycles. The van der Waals surface area contributed by atoms with Crippen molar-refractivity contribution >= 4 is 11.0 Å². The van der Waals surface area contributed by atoms with Gasteiger partial charge in [-0.15, -0.1) is 0 Å². The molecule has 0 unspecified atom stereocenters. The Morgan fingerprint density at radius 2 is 2.11 bits per heavy atom. The first-order valence-corrected chi connectivity index (χ1v) is 6.06. The van der Waals surface area contributed by atoms with Crippen molar-refractivity contribution in [3.63, 3.8) is 0 Å². The van der Waals surface area contributed by atoms with E-state index in [-0.39, 0.29) is 6.42 Å². The van der Waals surface area contributed by atoms with Crippen LogP contribution in [0.5, 0.6) is 0 Å². The number of pyridine rings is 1. The van der Waals surface area contributed by atoms with Gasteiger partial charge in [-0.2, -0.15) is 5.26 Å². The van der Waals surface area contributed by atoms with Gasteiger partial charge in [0.15, 0.2) is 0 Å². The lowest BCUT2D eigenvalue weighted by Gasteiger charge is -2.07. The zero-order valence-electron chi connectivity index (χ0n) is 10.5. The summed E-state index contributed by atoms with van der Waals surface area (Å²) >= 11 is 0. The molecule has 3 rings (SSSR count). The van der Waals surface area contributed by atoms with Gasteiger partial charge in [0, 0.05) is 6.20 Å². The Kier molecular flexibility index (Phi) is 2.73. The number of fused-ring (bicyclic) bond motifs is 1. The summed E-state index contributed by atoms with van der Waals surface area (Å²) in [6, 6.07) is 14.0. The summed E-state index contributed by atoms with van der Waals surface area (Å²) in [6.07, 6.45) is 2.04. The summed E-state index contributed by atoms with van der Waals surface area (Å²) in [5.41, 5.74) is 2.99. The van der Waals surface area contributed by atoms with Gasteiger partial charge in [0.25, 0.3) is 0 Å². The van der Waals surface area contributed by atoms with E-state index in [1.165, 1.54) is 0 Å². The highest BCUT2D eigenvalue weighted by molar-refractivity contribution is 5.77. The third-order valence-electron chi connectivity index (χ3n) is 3.00. The highest BCUT2D eigenvalue weighted by atomic mass is 15.1. The fraction of sp³-hybridized carbons (Fsp3) is 0.133. The molecule has 0 atom stereocenters. The van der Waals surface area contributed by atoms with Crippen LogP contribution < -0.4 is 0 Å². The van der Waals surface area contributed by atoms with Crippen molar-refractivity contribution in [1.29, 1.82) is 5.26 Å². The summed E-state index contributed by atoms with van der Waals surface area (Å²) in [7, 11) is 0. The first kappa shape index (κ1) is 11.4. The minimum absolute atomic E-state index is 0.268. The normalized spacial score (nSPS) is 10.5. The van der Waals surface area contributed by atoms with E-state index in [4.69, 9.17) is 5.26 Å². The van der Waals surface area contributed by atoms with E-state index in [0.717, 1.165) is 28.2 Å². The highest BCUT2D eigenvalue weighted by Gasteiger charge is 2.12. The second-order valence-corrected chi connectivity index (χ2v) is 4.38. The molecule has 4 heteroatoms. The molecule has 0 amide bonds. The average Bonchev–Trinajstić information content (AvgIpc) is 2.77. The number of imidazole rings is 1. The predicted molar refractivity (Wildman–Crippen MR) is 72.9 cm³/mol. The lowest BCUT2D eigenvalue weighted by molar-refractivity contribution is 0.919. The Morgan fingerprint density at radius 1 is 1.26 bits per heavy atom. The second kappa shape index (κ2) is 4.54. The Balaban J connectivity index is 2.31. The zero-order valence-corrected chi connectivity index (χ0v) is 10.5. The molecule has 19 heavy (non-hydrogen) atoms. The van der Waals surface area contributed by atoms with Crippen molar-refractivity contribution in [3.8, 4) is 11.9 Å². The summed E-state index contributed by atoms with van der Waals surface area (Å²) in [5, 5.41) is 8.95. The van der Waals surface area contributed by atoms with E-state index >= 15 is 0 Å². The molecule has 1 aromatic carbocycles. The highest BCUT2D eigenvalue weighted by Crippen LogP contribution is 2.20. The number of nitrogens with zero attached hydrogens (tertiary/aromatic N) is 4. The van der Waals surface area contributed by atoms with Gasteiger partial charge in [-0.1, -0.05) is 12.1 Å². The van der Waals surface area contributed by atoms with Crippen molar-refractivity contribution in [2.75, 3.05) is 0 Å². The van der Waals surface area contributed by atoms with Gasteiger partial charge in [0.1, 0.15) is 11.6 Å². The fourth-order valence-electron chi connectivity index (χ4n) is 2.16. The molecule has 2 aromatic heterocycles. The summed E-state index contributed by atoms with van der Waals surface area (Å²) < 4.78 is 1.95. The van der Waals surface area contributed by atoms with E-state index in [1.54, 1.807) is 6.20 Å². The number of aromatic nitrogens is 3. The van der Waals surface area contributed by atoms with Gasteiger partial charge >= 0.3 is 0 Å². The maximum absolute atomic E-state index is 8.95. The minimum Gasteiger partial charge on any atom is -0.279 e. The van der Waals surface area contributed by atoms with Gasteiger partial charge in [0.05, 0.1) is 23.5 Å². The van der Waals surface area contributed by atoms with Crippen LogP contribution in [0.4, 0.5) is 0 Å². The molecule has 0 spiro atoms. The van der Waals surface area contributed by atoms with Gasteiger partial charge in [-0.25, -0.2) is 9.97 Å². The lowest BCUT2D eigenvalue weighted by atomic mass is 10.3. The maximum Gasteiger partial charge on any atom is 0.138 e. The molecular formula is C15H12N4. The third-order valence-corrected chi connectivity index (χ3v) is 3.00. The lowest BCUT2D eigenvalue weighted by Crippen LogP contribution is -2.03. The zero-order chi connectivity index (χ0) is 13.2. The largest absolute Gasteiger partial charge is 0.279 e. The fourth-order valence-corrected chi connectivity index (χ4v) is 2.16. The number of nitriles is 1. The first-order chi connectivity index (χ1) is 9.29. The molecule has 0 bridgehead atoms. The van der Waals surface area contributed by atoms with E-state index in [0.29, 0.717) is 0 Å². The minimum atomic E-state index is 0.268. The summed E-state index contributed by atoms with van der Waals surface area (Å²) in [5.74, 6) is 1.53. The van der Waals surface area contributed by atoms with Crippen LogP contribution in [0.15, 0.2) is 42.6 Å². The molecule has 0 aliphatic carbocycles. The predicted octanol–water partition coefficient (Wildman–Crippen LogP) is 2.80. The van der Waals surface area contributed by atoms with Crippen LogP contribution in [-0.4, -0.2) is 14.5 Å². The van der Waals surface area contributed by atoms with Crippen molar-refractivity contribution in [1.82, 2.24) is 14.5 Å². The van der Waals surface area contributed by atoms with Crippen molar-refractivity contribution < 1.29 is 0 Å². The van der Waals surface area contributed by atoms with Gasteiger partial charge < -0.3 is 0 Å². The van der Waals surface area contributed by atoms with Gasteiger partial charge in [-0.3, -0.25) is 4.57 Å². The first-order valence-electron chi connectivity index (χ1n) is 6.06. The van der Waals surface area contributed by atoms with Crippen molar-refractivity contribution in [2.24, 2.45) is 0 Å². The van der Waals surface area contributed by atoms with E-state index in [1.807, 2.05) is 47.9 Å². The van der Waals surface area contributed by atoms with Crippen molar-refractivity contribution in [2.45, 2.75) is 13.3 Å². The SMILES string of the molecule is Cc1ccnc(-n2c(CC#N)nc3ccccc32)c1. The van der Waals surface area contributed by atoms with Crippen LogP contribution in [-0.2, 0) is 6.42 Å². The molecule has 0 fully saturated rings. The van der Waals surface area contributed by atoms with E-state index in [9.17, 15) is 0 Å². The quantitative estimate of drug-likeness (QED) is 0.700. The van der Waals surface area contributed by atoms with E-state index in [2.05, 4.69) is 16.0 Å². The molecule has 0 aliphatic rings. The molecular weight excluding hydrogens is 236 g/mol. The number of aryl methyl sites for hydroxylation is 1. The molecule has 92 valence electrons. The van der Waals surface area contributed by atoms with Gasteiger partial charge in [-0.05, 0) is 36.8 Å². The number of rotatable bonds is 2. The molecule has 2 heterocycles. The smallest absolute Gasteiger partial charge is 0.138 e. The molecule has 0 saturated carbocycles.